The van der Waals surface area contributed by atoms with Crippen LogP contribution in [0.15, 0.2) is 54.6 Å². The Labute approximate surface area is 148 Å². The fourth-order valence-corrected chi connectivity index (χ4v) is 3.27. The Kier molecular flexibility index (Phi) is 5.49. The van der Waals surface area contributed by atoms with Gasteiger partial charge in [0.05, 0.1) is 0 Å². The van der Waals surface area contributed by atoms with E-state index in [9.17, 15) is 9.59 Å². The zero-order valence-corrected chi connectivity index (χ0v) is 14.6. The van der Waals surface area contributed by atoms with Crippen LogP contribution < -0.4 is 10.2 Å². The summed E-state index contributed by atoms with van der Waals surface area (Å²) >= 11 is 0. The molecule has 0 unspecified atom stereocenters. The Morgan fingerprint density at radius 1 is 0.920 bits per heavy atom. The molecule has 1 fully saturated rings. The molecule has 1 N–H and O–H groups in total. The van der Waals surface area contributed by atoms with Crippen molar-refractivity contribution in [3.05, 3.63) is 60.2 Å². The van der Waals surface area contributed by atoms with Gasteiger partial charge in [0.15, 0.2) is 0 Å². The van der Waals surface area contributed by atoms with Crippen molar-refractivity contribution in [3.8, 4) is 0 Å². The van der Waals surface area contributed by atoms with Crippen molar-refractivity contribution >= 4 is 23.2 Å². The molecule has 0 aliphatic heterocycles. The van der Waals surface area contributed by atoms with E-state index in [-0.39, 0.29) is 17.7 Å². The van der Waals surface area contributed by atoms with E-state index in [2.05, 4.69) is 5.32 Å². The van der Waals surface area contributed by atoms with Crippen LogP contribution in [-0.4, -0.2) is 18.9 Å². The maximum atomic E-state index is 12.6. The Balaban J connectivity index is 1.63. The number of amides is 2. The van der Waals surface area contributed by atoms with Gasteiger partial charge in [-0.05, 0) is 49.2 Å². The fraction of sp³-hybridized carbons (Fsp3) is 0.333. The number of anilines is 2. The lowest BCUT2D eigenvalue weighted by molar-refractivity contribution is -0.120. The molecule has 0 saturated heterocycles. The summed E-state index contributed by atoms with van der Waals surface area (Å²) in [4.78, 5) is 26.5. The van der Waals surface area contributed by atoms with Crippen LogP contribution in [0.4, 0.5) is 11.4 Å². The molecule has 4 heteroatoms. The summed E-state index contributed by atoms with van der Waals surface area (Å²) in [5.41, 5.74) is 2.19. The lowest BCUT2D eigenvalue weighted by atomic mass is 9.88. The molecule has 3 rings (SSSR count). The van der Waals surface area contributed by atoms with Crippen LogP contribution in [-0.2, 0) is 4.79 Å². The third kappa shape index (κ3) is 4.27. The third-order valence-corrected chi connectivity index (χ3v) is 4.82. The van der Waals surface area contributed by atoms with Crippen LogP contribution in [0, 0.1) is 5.92 Å². The Bertz CT molecular complexity index is 719. The zero-order chi connectivity index (χ0) is 17.6. The zero-order valence-electron chi connectivity index (χ0n) is 14.6. The number of rotatable bonds is 4. The minimum absolute atomic E-state index is 0.0728. The largest absolute Gasteiger partial charge is 0.326 e. The number of hydrogen-bond acceptors (Lipinski definition) is 2. The summed E-state index contributed by atoms with van der Waals surface area (Å²) in [5.74, 6) is 0.149. The van der Waals surface area contributed by atoms with Gasteiger partial charge in [-0.3, -0.25) is 9.59 Å². The maximum Gasteiger partial charge on any atom is 0.258 e. The molecule has 25 heavy (non-hydrogen) atoms. The standard InChI is InChI=1S/C21H24N2O2/c1-23(19-10-6-3-7-11-19)21(25)17-12-14-18(15-13-17)22-20(24)16-8-4-2-5-9-16/h3,6-7,10-16H,2,4-5,8-9H2,1H3,(H,22,24). The first-order chi connectivity index (χ1) is 12.1. The van der Waals surface area contributed by atoms with Crippen molar-refractivity contribution in [1.82, 2.24) is 0 Å². The second kappa shape index (κ2) is 7.97. The molecule has 4 nitrogen and oxygen atoms in total. The molecule has 2 amide bonds. The molecule has 1 aliphatic rings. The quantitative estimate of drug-likeness (QED) is 0.895. The van der Waals surface area contributed by atoms with E-state index in [4.69, 9.17) is 0 Å². The van der Waals surface area contributed by atoms with E-state index in [0.29, 0.717) is 5.56 Å². The summed E-state index contributed by atoms with van der Waals surface area (Å²) in [7, 11) is 1.76. The van der Waals surface area contributed by atoms with E-state index in [0.717, 1.165) is 37.1 Å². The molecule has 0 bridgehead atoms. The second-order valence-corrected chi connectivity index (χ2v) is 6.60. The molecule has 0 radical (unpaired) electrons. The van der Waals surface area contributed by atoms with Crippen LogP contribution >= 0.6 is 0 Å². The Morgan fingerprint density at radius 2 is 1.56 bits per heavy atom. The van der Waals surface area contributed by atoms with Gasteiger partial charge in [0.1, 0.15) is 0 Å². The van der Waals surface area contributed by atoms with Gasteiger partial charge >= 0.3 is 0 Å². The summed E-state index contributed by atoms with van der Waals surface area (Å²) in [6.07, 6.45) is 5.46. The molecule has 1 saturated carbocycles. The van der Waals surface area contributed by atoms with Crippen molar-refractivity contribution in [2.75, 3.05) is 17.3 Å². The Hall–Kier alpha value is -2.62. The van der Waals surface area contributed by atoms with Crippen molar-refractivity contribution in [3.63, 3.8) is 0 Å². The number of hydrogen-bond donors (Lipinski definition) is 1. The minimum Gasteiger partial charge on any atom is -0.326 e. The predicted molar refractivity (Wildman–Crippen MR) is 101 cm³/mol. The highest BCUT2D eigenvalue weighted by molar-refractivity contribution is 6.06. The van der Waals surface area contributed by atoms with Gasteiger partial charge < -0.3 is 10.2 Å². The molecule has 1 aliphatic carbocycles. The first-order valence-corrected chi connectivity index (χ1v) is 8.89. The molecule has 0 atom stereocenters. The van der Waals surface area contributed by atoms with Gasteiger partial charge in [0.25, 0.3) is 5.91 Å². The monoisotopic (exact) mass is 336 g/mol. The van der Waals surface area contributed by atoms with E-state index < -0.39 is 0 Å². The highest BCUT2D eigenvalue weighted by atomic mass is 16.2. The number of para-hydroxylation sites is 1. The number of benzene rings is 2. The second-order valence-electron chi connectivity index (χ2n) is 6.60. The number of carbonyl (C=O) groups is 2. The van der Waals surface area contributed by atoms with E-state index in [1.807, 2.05) is 30.3 Å². The number of nitrogens with one attached hydrogen (secondary N) is 1. The van der Waals surface area contributed by atoms with Crippen LogP contribution in [0.1, 0.15) is 42.5 Å². The van der Waals surface area contributed by atoms with Gasteiger partial charge in [-0.15, -0.1) is 0 Å². The first-order valence-electron chi connectivity index (χ1n) is 8.89. The normalized spacial score (nSPS) is 14.8. The third-order valence-electron chi connectivity index (χ3n) is 4.82. The van der Waals surface area contributed by atoms with Gasteiger partial charge in [-0.25, -0.2) is 0 Å². The first kappa shape index (κ1) is 17.2. The highest BCUT2D eigenvalue weighted by Crippen LogP contribution is 2.25. The van der Waals surface area contributed by atoms with Gasteiger partial charge in [0.2, 0.25) is 5.91 Å². The predicted octanol–water partition coefficient (Wildman–Crippen LogP) is 4.48. The van der Waals surface area contributed by atoms with Gasteiger partial charge in [-0.2, -0.15) is 0 Å². The molecule has 0 spiro atoms. The average Bonchev–Trinajstić information content (AvgIpc) is 2.69. The summed E-state index contributed by atoms with van der Waals surface area (Å²) in [6.45, 7) is 0. The van der Waals surface area contributed by atoms with Gasteiger partial charge in [-0.1, -0.05) is 37.5 Å². The van der Waals surface area contributed by atoms with Crippen molar-refractivity contribution in [2.24, 2.45) is 5.92 Å². The number of nitrogens with zero attached hydrogens (tertiary/aromatic N) is 1. The molecule has 0 heterocycles. The van der Waals surface area contributed by atoms with Crippen LogP contribution in [0.25, 0.3) is 0 Å². The summed E-state index contributed by atoms with van der Waals surface area (Å²) < 4.78 is 0. The summed E-state index contributed by atoms with van der Waals surface area (Å²) in [6, 6.07) is 16.7. The smallest absolute Gasteiger partial charge is 0.258 e. The molecule has 130 valence electrons. The molecular weight excluding hydrogens is 312 g/mol. The maximum absolute atomic E-state index is 12.6. The minimum atomic E-state index is -0.0728. The lowest BCUT2D eigenvalue weighted by Crippen LogP contribution is -2.26. The van der Waals surface area contributed by atoms with Crippen molar-refractivity contribution in [1.29, 1.82) is 0 Å². The van der Waals surface area contributed by atoms with Crippen LogP contribution in [0.5, 0.6) is 0 Å². The lowest BCUT2D eigenvalue weighted by Gasteiger charge is -2.21. The number of carbonyl (C=O) groups excluding carboxylic acids is 2. The SMILES string of the molecule is CN(C(=O)c1ccc(NC(=O)C2CCCCC2)cc1)c1ccccc1. The average molecular weight is 336 g/mol. The van der Waals surface area contributed by atoms with E-state index in [1.165, 1.54) is 6.42 Å². The van der Waals surface area contributed by atoms with Crippen molar-refractivity contribution < 1.29 is 9.59 Å². The Morgan fingerprint density at radius 3 is 2.20 bits per heavy atom. The molecule has 2 aromatic rings. The topological polar surface area (TPSA) is 49.4 Å². The molecular formula is C21H24N2O2. The van der Waals surface area contributed by atoms with Crippen molar-refractivity contribution in [2.45, 2.75) is 32.1 Å². The van der Waals surface area contributed by atoms with Gasteiger partial charge in [0, 0.05) is 29.9 Å². The summed E-state index contributed by atoms with van der Waals surface area (Å²) in [5, 5.41) is 2.97. The van der Waals surface area contributed by atoms with Crippen LogP contribution in [0.3, 0.4) is 0 Å². The van der Waals surface area contributed by atoms with E-state index in [1.54, 1.807) is 36.2 Å². The fourth-order valence-electron chi connectivity index (χ4n) is 3.27. The highest BCUT2D eigenvalue weighted by Gasteiger charge is 2.21. The van der Waals surface area contributed by atoms with Crippen LogP contribution in [0.2, 0.25) is 0 Å². The van der Waals surface area contributed by atoms with E-state index >= 15 is 0 Å². The molecule has 0 aromatic heterocycles. The molecule has 2 aromatic carbocycles.